The Kier molecular flexibility index (Phi) is 4.85. The molecule has 0 unspecified atom stereocenters. The standard InChI is InChI=1S/C28H40O4/c1-25(2)12-11-23(29)28(5)20(25)9-13-26(3)21(28)10-14-27(4)22(26)16-18-15-17(24(30)31-6)7-8-19(18)32-27/h7-8,15,20-23,29H,9-14,16H2,1-6H3/t20-,21-,22-,23+,26+,27-,28-/m0/s1. The minimum Gasteiger partial charge on any atom is -0.487 e. The molecule has 3 fully saturated rings. The average molecular weight is 441 g/mol. The highest BCUT2D eigenvalue weighted by Crippen LogP contribution is 2.70. The molecule has 3 aliphatic carbocycles. The fourth-order valence-corrected chi connectivity index (χ4v) is 9.07. The van der Waals surface area contributed by atoms with Gasteiger partial charge in [0.2, 0.25) is 0 Å². The first-order chi connectivity index (χ1) is 15.0. The van der Waals surface area contributed by atoms with Gasteiger partial charge in [-0.15, -0.1) is 0 Å². The summed E-state index contributed by atoms with van der Waals surface area (Å²) in [6, 6.07) is 5.73. The number of methoxy groups -OCH3 is 1. The molecule has 0 bridgehead atoms. The smallest absolute Gasteiger partial charge is 0.337 e. The van der Waals surface area contributed by atoms with Crippen molar-refractivity contribution in [1.29, 1.82) is 0 Å². The second kappa shape index (κ2) is 6.98. The van der Waals surface area contributed by atoms with Crippen LogP contribution in [0.4, 0.5) is 0 Å². The van der Waals surface area contributed by atoms with Gasteiger partial charge in [-0.2, -0.15) is 0 Å². The molecule has 5 rings (SSSR count). The van der Waals surface area contributed by atoms with E-state index in [2.05, 4.69) is 34.6 Å². The summed E-state index contributed by atoms with van der Waals surface area (Å²) in [5.41, 5.74) is 1.84. The van der Waals surface area contributed by atoms with Gasteiger partial charge in [-0.3, -0.25) is 0 Å². The van der Waals surface area contributed by atoms with Gasteiger partial charge in [-0.25, -0.2) is 4.79 Å². The number of benzene rings is 1. The van der Waals surface area contributed by atoms with Crippen LogP contribution in [0.5, 0.6) is 5.75 Å². The molecule has 1 aromatic carbocycles. The molecule has 0 amide bonds. The van der Waals surface area contributed by atoms with Crippen LogP contribution in [0, 0.1) is 34.0 Å². The summed E-state index contributed by atoms with van der Waals surface area (Å²) in [6.45, 7) is 12.0. The van der Waals surface area contributed by atoms with Crippen LogP contribution < -0.4 is 4.74 Å². The molecule has 4 nitrogen and oxygen atoms in total. The first-order valence-electron chi connectivity index (χ1n) is 12.5. The highest BCUT2D eigenvalue weighted by atomic mass is 16.5. The van der Waals surface area contributed by atoms with E-state index in [1.807, 2.05) is 18.2 Å². The molecule has 176 valence electrons. The second-order valence-corrected chi connectivity index (χ2v) is 12.6. The van der Waals surface area contributed by atoms with E-state index in [-0.39, 0.29) is 33.9 Å². The number of ether oxygens (including phenoxy) is 2. The van der Waals surface area contributed by atoms with Crippen LogP contribution in [0.15, 0.2) is 18.2 Å². The fourth-order valence-electron chi connectivity index (χ4n) is 9.07. The van der Waals surface area contributed by atoms with Crippen molar-refractivity contribution in [1.82, 2.24) is 0 Å². The van der Waals surface area contributed by atoms with Gasteiger partial charge >= 0.3 is 5.97 Å². The van der Waals surface area contributed by atoms with Crippen molar-refractivity contribution >= 4 is 5.97 Å². The minimum absolute atomic E-state index is 0.0514. The summed E-state index contributed by atoms with van der Waals surface area (Å²) in [6.07, 6.45) is 7.22. The summed E-state index contributed by atoms with van der Waals surface area (Å²) in [4.78, 5) is 12.1. The van der Waals surface area contributed by atoms with Gasteiger partial charge < -0.3 is 14.6 Å². The summed E-state index contributed by atoms with van der Waals surface area (Å²) in [5, 5.41) is 11.4. The van der Waals surface area contributed by atoms with Gasteiger partial charge in [0, 0.05) is 11.3 Å². The van der Waals surface area contributed by atoms with Crippen LogP contribution in [-0.4, -0.2) is 29.9 Å². The number of rotatable bonds is 1. The van der Waals surface area contributed by atoms with E-state index in [0.717, 1.165) is 43.4 Å². The van der Waals surface area contributed by atoms with Crippen LogP contribution in [0.1, 0.15) is 89.1 Å². The van der Waals surface area contributed by atoms with E-state index >= 15 is 0 Å². The van der Waals surface area contributed by atoms with Crippen molar-refractivity contribution in [3.63, 3.8) is 0 Å². The summed E-state index contributed by atoms with van der Waals surface area (Å²) in [7, 11) is 1.43. The number of aliphatic hydroxyl groups is 1. The molecule has 0 aromatic heterocycles. The zero-order valence-corrected chi connectivity index (χ0v) is 20.7. The van der Waals surface area contributed by atoms with Gasteiger partial charge in [0.25, 0.3) is 0 Å². The number of hydrogen-bond acceptors (Lipinski definition) is 4. The normalized spacial score (nSPS) is 44.2. The molecule has 0 radical (unpaired) electrons. The molecule has 3 saturated carbocycles. The fraction of sp³-hybridized carbons (Fsp3) is 0.750. The van der Waals surface area contributed by atoms with E-state index in [0.29, 0.717) is 23.3 Å². The monoisotopic (exact) mass is 440 g/mol. The molecule has 4 aliphatic rings. The lowest BCUT2D eigenvalue weighted by molar-refractivity contribution is -0.238. The van der Waals surface area contributed by atoms with Crippen molar-refractivity contribution in [2.75, 3.05) is 7.11 Å². The van der Waals surface area contributed by atoms with E-state index in [9.17, 15) is 9.90 Å². The van der Waals surface area contributed by atoms with Gasteiger partial charge in [-0.05, 0) is 98.3 Å². The number of carbonyl (C=O) groups excluding carboxylic acids is 1. The van der Waals surface area contributed by atoms with Crippen LogP contribution >= 0.6 is 0 Å². The summed E-state index contributed by atoms with van der Waals surface area (Å²) >= 11 is 0. The predicted octanol–water partition coefficient (Wildman–Crippen LogP) is 5.80. The van der Waals surface area contributed by atoms with Crippen LogP contribution in [0.3, 0.4) is 0 Å². The summed E-state index contributed by atoms with van der Waals surface area (Å²) in [5.74, 6) is 2.02. The number of aliphatic hydroxyl groups excluding tert-OH is 1. The maximum Gasteiger partial charge on any atom is 0.337 e. The van der Waals surface area contributed by atoms with E-state index in [1.54, 1.807) is 0 Å². The van der Waals surface area contributed by atoms with Crippen molar-refractivity contribution in [3.8, 4) is 5.75 Å². The van der Waals surface area contributed by atoms with Gasteiger partial charge in [0.05, 0.1) is 18.8 Å². The Labute approximate surface area is 193 Å². The Morgan fingerprint density at radius 3 is 2.44 bits per heavy atom. The molecule has 32 heavy (non-hydrogen) atoms. The SMILES string of the molecule is COC(=O)c1ccc2c(c1)C[C@H]1[C@]3(C)CC[C@H]4C(C)(C)CC[C@@H](O)[C@]4(C)[C@H]3CC[C@]1(C)O2. The zero-order valence-electron chi connectivity index (χ0n) is 20.7. The molecule has 1 heterocycles. The van der Waals surface area contributed by atoms with Crippen molar-refractivity contribution in [2.24, 2.45) is 34.0 Å². The van der Waals surface area contributed by atoms with Crippen LogP contribution in [0.25, 0.3) is 0 Å². The quantitative estimate of drug-likeness (QED) is 0.561. The molecule has 7 atom stereocenters. The minimum atomic E-state index is -0.297. The Morgan fingerprint density at radius 2 is 1.72 bits per heavy atom. The maximum absolute atomic E-state index is 12.1. The topological polar surface area (TPSA) is 55.8 Å². The summed E-state index contributed by atoms with van der Waals surface area (Å²) < 4.78 is 11.7. The zero-order chi connectivity index (χ0) is 23.1. The highest BCUT2D eigenvalue weighted by molar-refractivity contribution is 5.89. The van der Waals surface area contributed by atoms with E-state index < -0.39 is 0 Å². The second-order valence-electron chi connectivity index (χ2n) is 12.6. The third-order valence-corrected chi connectivity index (χ3v) is 10.7. The number of hydrogen-bond donors (Lipinski definition) is 1. The molecule has 0 saturated heterocycles. The lowest BCUT2D eigenvalue weighted by Gasteiger charge is -2.69. The van der Waals surface area contributed by atoms with Crippen molar-refractivity contribution in [2.45, 2.75) is 91.3 Å². The average Bonchev–Trinajstić information content (AvgIpc) is 2.74. The van der Waals surface area contributed by atoms with E-state index in [1.165, 1.54) is 20.0 Å². The highest BCUT2D eigenvalue weighted by Gasteiger charge is 2.67. The van der Waals surface area contributed by atoms with Gasteiger partial charge in [0.1, 0.15) is 11.4 Å². The van der Waals surface area contributed by atoms with E-state index in [4.69, 9.17) is 9.47 Å². The molecule has 0 spiro atoms. The predicted molar refractivity (Wildman–Crippen MR) is 125 cm³/mol. The van der Waals surface area contributed by atoms with Gasteiger partial charge in [0.15, 0.2) is 0 Å². The Hall–Kier alpha value is -1.55. The molecule has 1 aliphatic heterocycles. The first kappa shape index (κ1) is 22.3. The van der Waals surface area contributed by atoms with Crippen LogP contribution in [-0.2, 0) is 11.2 Å². The van der Waals surface area contributed by atoms with Crippen LogP contribution in [0.2, 0.25) is 0 Å². The molecule has 4 heteroatoms. The number of esters is 1. The van der Waals surface area contributed by atoms with Gasteiger partial charge in [-0.1, -0.05) is 27.7 Å². The Morgan fingerprint density at radius 1 is 1.00 bits per heavy atom. The maximum atomic E-state index is 12.1. The molecule has 1 aromatic rings. The lowest BCUT2D eigenvalue weighted by atomic mass is 9.37. The number of fused-ring (bicyclic) bond motifs is 6. The molecule has 1 N–H and O–H groups in total. The number of carbonyl (C=O) groups is 1. The first-order valence-corrected chi connectivity index (χ1v) is 12.5. The molecular weight excluding hydrogens is 400 g/mol. The largest absolute Gasteiger partial charge is 0.487 e. The van der Waals surface area contributed by atoms with Crippen molar-refractivity contribution in [3.05, 3.63) is 29.3 Å². The lowest BCUT2D eigenvalue weighted by Crippen LogP contribution is -2.67. The third kappa shape index (κ3) is 2.87. The third-order valence-electron chi connectivity index (χ3n) is 10.7. The van der Waals surface area contributed by atoms with Crippen molar-refractivity contribution < 1.29 is 19.4 Å². The molecular formula is C28H40O4. The Balaban J connectivity index is 1.55. The Bertz CT molecular complexity index is 937.